The van der Waals surface area contributed by atoms with Gasteiger partial charge in [-0.3, -0.25) is 4.90 Å². The number of hydrogen-bond acceptors (Lipinski definition) is 4. The molecule has 1 aliphatic carbocycles. The maximum absolute atomic E-state index is 12.8. The first kappa shape index (κ1) is 22.4. The summed E-state index contributed by atoms with van der Waals surface area (Å²) >= 11 is 6.06. The largest absolute Gasteiger partial charge is 0.416 e. The van der Waals surface area contributed by atoms with Crippen LogP contribution in [0, 0.1) is 0 Å². The number of halogens is 4. The lowest BCUT2D eigenvalue weighted by atomic mass is 9.64. The number of rotatable bonds is 5. The van der Waals surface area contributed by atoms with Crippen molar-refractivity contribution in [2.75, 3.05) is 13.1 Å². The molecule has 0 atom stereocenters. The molecule has 0 unspecified atom stereocenters. The maximum Gasteiger partial charge on any atom is 0.416 e. The second-order valence-electron chi connectivity index (χ2n) is 9.12. The van der Waals surface area contributed by atoms with Gasteiger partial charge in [0, 0.05) is 5.02 Å². The number of alkyl halides is 3. The Balaban J connectivity index is 1.20. The number of aromatic nitrogens is 2. The van der Waals surface area contributed by atoms with Crippen molar-refractivity contribution in [1.82, 2.24) is 15.0 Å². The molecule has 4 nitrogen and oxygen atoms in total. The molecule has 0 spiro atoms. The molecule has 2 aliphatic rings. The van der Waals surface area contributed by atoms with Gasteiger partial charge in [-0.05, 0) is 80.1 Å². The normalized spacial score (nSPS) is 19.4. The molecule has 174 valence electrons. The Morgan fingerprint density at radius 1 is 1.00 bits per heavy atom. The second kappa shape index (κ2) is 8.76. The van der Waals surface area contributed by atoms with Gasteiger partial charge in [0.1, 0.15) is 0 Å². The Morgan fingerprint density at radius 2 is 1.67 bits per heavy atom. The second-order valence-corrected chi connectivity index (χ2v) is 9.56. The van der Waals surface area contributed by atoms with Crippen LogP contribution in [0.15, 0.2) is 53.1 Å². The number of hydrogen-bond donors (Lipinski definition) is 0. The van der Waals surface area contributed by atoms with Crippen LogP contribution >= 0.6 is 11.6 Å². The minimum Gasteiger partial charge on any atom is -0.338 e. The van der Waals surface area contributed by atoms with Crippen molar-refractivity contribution in [3.8, 4) is 0 Å². The van der Waals surface area contributed by atoms with Gasteiger partial charge in [0.2, 0.25) is 5.89 Å². The molecule has 2 aromatic carbocycles. The molecule has 0 radical (unpaired) electrons. The number of benzene rings is 2. The summed E-state index contributed by atoms with van der Waals surface area (Å²) < 4.78 is 44.0. The summed E-state index contributed by atoms with van der Waals surface area (Å²) in [5.74, 6) is 1.62. The first-order valence-corrected chi connectivity index (χ1v) is 11.7. The van der Waals surface area contributed by atoms with Crippen LogP contribution in [0.4, 0.5) is 13.2 Å². The van der Waals surface area contributed by atoms with Crippen molar-refractivity contribution < 1.29 is 17.7 Å². The standard InChI is InChI=1S/C25H25ClF3N3O/c26-21-8-6-19(7-9-21)24(12-1-13-24)23-30-22(33-31-23)16-32-14-10-18(11-15-32)17-2-4-20(5-3-17)25(27,28)29/h2-9,18H,1,10-16H2. The monoisotopic (exact) mass is 475 g/mol. The quantitative estimate of drug-likeness (QED) is 0.417. The molecule has 3 aromatic rings. The minimum atomic E-state index is -4.30. The fourth-order valence-corrected chi connectivity index (χ4v) is 5.14. The van der Waals surface area contributed by atoms with E-state index in [9.17, 15) is 13.2 Å². The van der Waals surface area contributed by atoms with Gasteiger partial charge in [-0.2, -0.15) is 18.2 Å². The maximum atomic E-state index is 12.8. The number of nitrogens with zero attached hydrogens (tertiary/aromatic N) is 3. The highest BCUT2D eigenvalue weighted by atomic mass is 35.5. The van der Waals surface area contributed by atoms with Crippen molar-refractivity contribution in [3.63, 3.8) is 0 Å². The van der Waals surface area contributed by atoms with Gasteiger partial charge in [0.05, 0.1) is 17.5 Å². The van der Waals surface area contributed by atoms with Crippen molar-refractivity contribution in [3.05, 3.63) is 82.0 Å². The third-order valence-electron chi connectivity index (χ3n) is 7.16. The third kappa shape index (κ3) is 4.53. The Labute approximate surface area is 195 Å². The summed E-state index contributed by atoms with van der Waals surface area (Å²) in [6.07, 6.45) is 0.598. The van der Waals surface area contributed by atoms with E-state index in [4.69, 9.17) is 21.1 Å². The molecule has 0 amide bonds. The first-order chi connectivity index (χ1) is 15.8. The number of likely N-dealkylation sites (tertiary alicyclic amines) is 1. The molecule has 0 bridgehead atoms. The van der Waals surface area contributed by atoms with Gasteiger partial charge >= 0.3 is 6.18 Å². The zero-order valence-corrected chi connectivity index (χ0v) is 18.9. The van der Waals surface area contributed by atoms with Crippen molar-refractivity contribution in [2.24, 2.45) is 0 Å². The van der Waals surface area contributed by atoms with Crippen LogP contribution in [0.1, 0.15) is 66.4 Å². The predicted molar refractivity (Wildman–Crippen MR) is 119 cm³/mol. The van der Waals surface area contributed by atoms with E-state index in [0.29, 0.717) is 17.5 Å². The first-order valence-electron chi connectivity index (χ1n) is 11.3. The topological polar surface area (TPSA) is 42.2 Å². The van der Waals surface area contributed by atoms with Crippen LogP contribution in [0.5, 0.6) is 0 Å². The summed E-state index contributed by atoms with van der Waals surface area (Å²) in [7, 11) is 0. The van der Waals surface area contributed by atoms with Crippen molar-refractivity contribution >= 4 is 11.6 Å². The lowest BCUT2D eigenvalue weighted by molar-refractivity contribution is -0.137. The van der Waals surface area contributed by atoms with Gasteiger partial charge < -0.3 is 4.52 Å². The van der Waals surface area contributed by atoms with Crippen LogP contribution in [-0.4, -0.2) is 28.1 Å². The van der Waals surface area contributed by atoms with Crippen LogP contribution in [0.2, 0.25) is 5.02 Å². The van der Waals surface area contributed by atoms with Crippen LogP contribution in [-0.2, 0) is 18.1 Å². The van der Waals surface area contributed by atoms with E-state index < -0.39 is 11.7 Å². The van der Waals surface area contributed by atoms with Gasteiger partial charge in [-0.25, -0.2) is 0 Å². The molecule has 1 aliphatic heterocycles. The van der Waals surface area contributed by atoms with Gasteiger partial charge in [-0.15, -0.1) is 0 Å². The Kier molecular flexibility index (Phi) is 5.95. The van der Waals surface area contributed by atoms with E-state index in [1.54, 1.807) is 12.1 Å². The lowest BCUT2D eigenvalue weighted by Gasteiger charge is -2.39. The SMILES string of the molecule is FC(F)(F)c1ccc(C2CCN(Cc3nc(C4(c5ccc(Cl)cc5)CCC4)no3)CC2)cc1. The minimum absolute atomic E-state index is 0.193. The Morgan fingerprint density at radius 3 is 2.24 bits per heavy atom. The van der Waals surface area contributed by atoms with Gasteiger partial charge in [0.25, 0.3) is 0 Å². The fourth-order valence-electron chi connectivity index (χ4n) is 5.01. The molecular formula is C25H25ClF3N3O. The highest BCUT2D eigenvalue weighted by Gasteiger charge is 2.44. The molecule has 8 heteroatoms. The smallest absolute Gasteiger partial charge is 0.338 e. The van der Waals surface area contributed by atoms with Gasteiger partial charge in [-0.1, -0.05) is 47.4 Å². The Bertz CT molecular complexity index is 1080. The molecule has 1 aromatic heterocycles. The van der Waals surface area contributed by atoms with Gasteiger partial charge in [0.15, 0.2) is 5.82 Å². The average Bonchev–Trinajstić information content (AvgIpc) is 3.23. The highest BCUT2D eigenvalue weighted by molar-refractivity contribution is 6.30. The molecular weight excluding hydrogens is 451 g/mol. The molecule has 33 heavy (non-hydrogen) atoms. The zero-order valence-electron chi connectivity index (χ0n) is 18.1. The van der Waals surface area contributed by atoms with E-state index in [0.717, 1.165) is 56.6 Å². The van der Waals surface area contributed by atoms with Crippen LogP contribution in [0.25, 0.3) is 0 Å². The van der Waals surface area contributed by atoms with E-state index in [1.165, 1.54) is 17.7 Å². The van der Waals surface area contributed by atoms with Crippen LogP contribution in [0.3, 0.4) is 0 Å². The van der Waals surface area contributed by atoms with E-state index in [2.05, 4.69) is 10.1 Å². The van der Waals surface area contributed by atoms with E-state index >= 15 is 0 Å². The fraction of sp³-hybridized carbons (Fsp3) is 0.440. The van der Waals surface area contributed by atoms with Crippen LogP contribution < -0.4 is 0 Å². The van der Waals surface area contributed by atoms with E-state index in [-0.39, 0.29) is 11.3 Å². The molecule has 5 rings (SSSR count). The summed E-state index contributed by atoms with van der Waals surface area (Å²) in [5.41, 5.74) is 1.35. The molecule has 1 saturated heterocycles. The van der Waals surface area contributed by atoms with Crippen molar-refractivity contribution in [1.29, 1.82) is 0 Å². The zero-order chi connectivity index (χ0) is 23.1. The Hall–Kier alpha value is -2.38. The summed E-state index contributed by atoms with van der Waals surface area (Å²) in [6, 6.07) is 13.5. The predicted octanol–water partition coefficient (Wildman–Crippen LogP) is 6.59. The molecule has 2 fully saturated rings. The summed E-state index contributed by atoms with van der Waals surface area (Å²) in [5, 5.41) is 5.04. The summed E-state index contributed by atoms with van der Waals surface area (Å²) in [4.78, 5) is 7.02. The molecule has 2 heterocycles. The molecule has 0 N–H and O–H groups in total. The van der Waals surface area contributed by atoms with E-state index in [1.807, 2.05) is 24.3 Å². The highest BCUT2D eigenvalue weighted by Crippen LogP contribution is 2.48. The van der Waals surface area contributed by atoms with Crippen molar-refractivity contribution in [2.45, 2.75) is 56.2 Å². The average molecular weight is 476 g/mol. The molecule has 1 saturated carbocycles. The lowest BCUT2D eigenvalue weighted by Crippen LogP contribution is -2.36. The third-order valence-corrected chi connectivity index (χ3v) is 7.41. The number of piperidine rings is 1. The summed E-state index contributed by atoms with van der Waals surface area (Å²) in [6.45, 7) is 2.26.